The zero-order valence-electron chi connectivity index (χ0n) is 11.9. The van der Waals surface area contributed by atoms with Crippen molar-refractivity contribution in [3.05, 3.63) is 29.8 Å². The van der Waals surface area contributed by atoms with Crippen molar-refractivity contribution in [3.8, 4) is 0 Å². The maximum Gasteiger partial charge on any atom is 0.222 e. The number of anilines is 1. The highest BCUT2D eigenvalue weighted by Crippen LogP contribution is 2.23. The summed E-state index contributed by atoms with van der Waals surface area (Å²) >= 11 is 0. The molecular weight excluding hydrogens is 236 g/mol. The highest BCUT2D eigenvalue weighted by Gasteiger charge is 2.25. The van der Waals surface area contributed by atoms with Crippen molar-refractivity contribution in [1.29, 1.82) is 0 Å². The lowest BCUT2D eigenvalue weighted by molar-refractivity contribution is -0.133. The Morgan fingerprint density at radius 3 is 2.84 bits per heavy atom. The molecule has 2 atom stereocenters. The molecule has 3 heteroatoms. The van der Waals surface area contributed by atoms with Crippen molar-refractivity contribution in [2.24, 2.45) is 11.8 Å². The number of hydrogen-bond donors (Lipinski definition) is 1. The Morgan fingerprint density at radius 2 is 2.16 bits per heavy atom. The number of nitrogens with zero attached hydrogens (tertiary/aromatic N) is 1. The first-order valence-electron chi connectivity index (χ1n) is 7.18. The van der Waals surface area contributed by atoms with Crippen LogP contribution in [-0.2, 0) is 11.2 Å². The van der Waals surface area contributed by atoms with Crippen LogP contribution in [0.2, 0.25) is 0 Å². The monoisotopic (exact) mass is 260 g/mol. The topological polar surface area (TPSA) is 46.3 Å². The third-order valence-corrected chi connectivity index (χ3v) is 4.27. The number of aryl methyl sites for hydroxylation is 1. The van der Waals surface area contributed by atoms with E-state index in [1.165, 1.54) is 0 Å². The summed E-state index contributed by atoms with van der Waals surface area (Å²) in [6.45, 7) is 6.35. The molecule has 3 nitrogen and oxygen atoms in total. The van der Waals surface area contributed by atoms with Gasteiger partial charge in [0.1, 0.15) is 0 Å². The van der Waals surface area contributed by atoms with Gasteiger partial charge in [0.15, 0.2) is 0 Å². The molecule has 0 radical (unpaired) electrons. The van der Waals surface area contributed by atoms with Crippen molar-refractivity contribution in [2.45, 2.75) is 33.1 Å². The third kappa shape index (κ3) is 3.72. The number of benzene rings is 1. The van der Waals surface area contributed by atoms with Gasteiger partial charge in [-0.25, -0.2) is 0 Å². The van der Waals surface area contributed by atoms with E-state index in [0.29, 0.717) is 12.3 Å². The second-order valence-corrected chi connectivity index (χ2v) is 5.83. The SMILES string of the molecule is CC1CCN(C(=O)CCc2cccc(N)c2)CC1C. The first-order chi connectivity index (χ1) is 9.06. The lowest BCUT2D eigenvalue weighted by atomic mass is 9.88. The molecule has 1 amide bonds. The van der Waals surface area contributed by atoms with E-state index in [1.807, 2.05) is 29.2 Å². The van der Waals surface area contributed by atoms with Gasteiger partial charge in [-0.2, -0.15) is 0 Å². The van der Waals surface area contributed by atoms with Crippen molar-refractivity contribution >= 4 is 11.6 Å². The van der Waals surface area contributed by atoms with Crippen LogP contribution < -0.4 is 5.73 Å². The molecule has 1 aliphatic rings. The predicted molar refractivity (Wildman–Crippen MR) is 78.7 cm³/mol. The van der Waals surface area contributed by atoms with E-state index in [4.69, 9.17) is 5.73 Å². The molecule has 2 rings (SSSR count). The maximum atomic E-state index is 12.2. The number of hydrogen-bond acceptors (Lipinski definition) is 2. The number of piperidine rings is 1. The highest BCUT2D eigenvalue weighted by atomic mass is 16.2. The van der Waals surface area contributed by atoms with Crippen LogP contribution in [0.5, 0.6) is 0 Å². The fourth-order valence-electron chi connectivity index (χ4n) is 2.65. The summed E-state index contributed by atoms with van der Waals surface area (Å²) in [6.07, 6.45) is 2.50. The number of rotatable bonds is 3. The van der Waals surface area contributed by atoms with Gasteiger partial charge >= 0.3 is 0 Å². The number of nitrogen functional groups attached to an aromatic ring is 1. The molecule has 0 bridgehead atoms. The molecule has 104 valence electrons. The van der Waals surface area contributed by atoms with E-state index in [-0.39, 0.29) is 5.91 Å². The average Bonchev–Trinajstić information content (AvgIpc) is 2.39. The fraction of sp³-hybridized carbons (Fsp3) is 0.562. The first-order valence-corrected chi connectivity index (χ1v) is 7.18. The van der Waals surface area contributed by atoms with Crippen molar-refractivity contribution in [2.75, 3.05) is 18.8 Å². The Bertz CT molecular complexity index is 444. The molecule has 1 fully saturated rings. The van der Waals surface area contributed by atoms with Gasteiger partial charge in [0, 0.05) is 25.2 Å². The van der Waals surface area contributed by atoms with Crippen LogP contribution in [0.25, 0.3) is 0 Å². The molecule has 2 unspecified atom stereocenters. The summed E-state index contributed by atoms with van der Waals surface area (Å²) in [5, 5.41) is 0. The standard InChI is InChI=1S/C16H24N2O/c1-12-8-9-18(11-13(12)2)16(19)7-6-14-4-3-5-15(17)10-14/h3-5,10,12-13H,6-9,11,17H2,1-2H3. The molecule has 0 aliphatic carbocycles. The van der Waals surface area contributed by atoms with Gasteiger partial charge in [0.2, 0.25) is 5.91 Å². The Balaban J connectivity index is 1.84. The average molecular weight is 260 g/mol. The van der Waals surface area contributed by atoms with Crippen molar-refractivity contribution in [1.82, 2.24) is 4.90 Å². The fourth-order valence-corrected chi connectivity index (χ4v) is 2.65. The molecule has 0 saturated carbocycles. The van der Waals surface area contributed by atoms with Gasteiger partial charge in [-0.1, -0.05) is 26.0 Å². The zero-order chi connectivity index (χ0) is 13.8. The third-order valence-electron chi connectivity index (χ3n) is 4.27. The van der Waals surface area contributed by atoms with Gasteiger partial charge in [-0.05, 0) is 42.4 Å². The van der Waals surface area contributed by atoms with E-state index < -0.39 is 0 Å². The molecule has 1 aromatic carbocycles. The highest BCUT2D eigenvalue weighted by molar-refractivity contribution is 5.76. The van der Waals surface area contributed by atoms with E-state index in [0.717, 1.165) is 43.1 Å². The van der Waals surface area contributed by atoms with Gasteiger partial charge in [-0.15, -0.1) is 0 Å². The summed E-state index contributed by atoms with van der Waals surface area (Å²) in [6, 6.07) is 7.80. The molecule has 1 aliphatic heterocycles. The summed E-state index contributed by atoms with van der Waals surface area (Å²) in [5.74, 6) is 1.63. The van der Waals surface area contributed by atoms with Crippen LogP contribution in [0.1, 0.15) is 32.3 Å². The van der Waals surface area contributed by atoms with Gasteiger partial charge < -0.3 is 10.6 Å². The number of nitrogens with two attached hydrogens (primary N) is 1. The lowest BCUT2D eigenvalue weighted by Crippen LogP contribution is -2.42. The summed E-state index contributed by atoms with van der Waals surface area (Å²) < 4.78 is 0. The van der Waals surface area contributed by atoms with Crippen LogP contribution in [0.15, 0.2) is 24.3 Å². The lowest BCUT2D eigenvalue weighted by Gasteiger charge is -2.35. The molecule has 1 aromatic rings. The second kappa shape index (κ2) is 6.09. The smallest absolute Gasteiger partial charge is 0.222 e. The van der Waals surface area contributed by atoms with Crippen LogP contribution in [0.4, 0.5) is 5.69 Å². The number of likely N-dealkylation sites (tertiary alicyclic amines) is 1. The summed E-state index contributed by atoms with van der Waals surface area (Å²) in [4.78, 5) is 14.2. The van der Waals surface area contributed by atoms with E-state index in [1.54, 1.807) is 0 Å². The number of amides is 1. The summed E-state index contributed by atoms with van der Waals surface area (Å²) in [7, 11) is 0. The minimum atomic E-state index is 0.279. The number of carbonyl (C=O) groups is 1. The van der Waals surface area contributed by atoms with Crippen LogP contribution >= 0.6 is 0 Å². The molecule has 1 saturated heterocycles. The van der Waals surface area contributed by atoms with E-state index in [2.05, 4.69) is 13.8 Å². The Kier molecular flexibility index (Phi) is 4.46. The largest absolute Gasteiger partial charge is 0.399 e. The van der Waals surface area contributed by atoms with Crippen LogP contribution in [-0.4, -0.2) is 23.9 Å². The Morgan fingerprint density at radius 1 is 1.37 bits per heavy atom. The van der Waals surface area contributed by atoms with Crippen molar-refractivity contribution in [3.63, 3.8) is 0 Å². The van der Waals surface area contributed by atoms with E-state index >= 15 is 0 Å². The van der Waals surface area contributed by atoms with Crippen molar-refractivity contribution < 1.29 is 4.79 Å². The number of carbonyl (C=O) groups excluding carboxylic acids is 1. The maximum absolute atomic E-state index is 12.2. The minimum Gasteiger partial charge on any atom is -0.399 e. The molecular formula is C16H24N2O. The minimum absolute atomic E-state index is 0.279. The molecule has 1 heterocycles. The van der Waals surface area contributed by atoms with Gasteiger partial charge in [0.05, 0.1) is 0 Å². The zero-order valence-corrected chi connectivity index (χ0v) is 11.9. The van der Waals surface area contributed by atoms with Gasteiger partial charge in [-0.3, -0.25) is 4.79 Å². The normalized spacial score (nSPS) is 23.4. The van der Waals surface area contributed by atoms with E-state index in [9.17, 15) is 4.79 Å². The van der Waals surface area contributed by atoms with Gasteiger partial charge in [0.25, 0.3) is 0 Å². The predicted octanol–water partition coefficient (Wildman–Crippen LogP) is 2.71. The molecule has 19 heavy (non-hydrogen) atoms. The second-order valence-electron chi connectivity index (χ2n) is 5.83. The van der Waals surface area contributed by atoms with Crippen LogP contribution in [0.3, 0.4) is 0 Å². The van der Waals surface area contributed by atoms with Crippen LogP contribution in [0, 0.1) is 11.8 Å². The Hall–Kier alpha value is -1.51. The Labute approximate surface area is 115 Å². The molecule has 2 N–H and O–H groups in total. The molecule has 0 spiro atoms. The molecule has 0 aromatic heterocycles. The first kappa shape index (κ1) is 13.9. The summed E-state index contributed by atoms with van der Waals surface area (Å²) in [5.41, 5.74) is 7.66. The quantitative estimate of drug-likeness (QED) is 0.849.